The van der Waals surface area contributed by atoms with Crippen LogP contribution in [0.4, 0.5) is 13.2 Å². The fourth-order valence-electron chi connectivity index (χ4n) is 4.26. The van der Waals surface area contributed by atoms with Crippen LogP contribution in [0.5, 0.6) is 11.5 Å². The maximum absolute atomic E-state index is 14.7. The Morgan fingerprint density at radius 2 is 1.58 bits per heavy atom. The van der Waals surface area contributed by atoms with E-state index in [1.165, 1.54) is 6.07 Å². The summed E-state index contributed by atoms with van der Waals surface area (Å²) in [5, 5.41) is 0. The first-order valence-corrected chi connectivity index (χ1v) is 11.5. The quantitative estimate of drug-likeness (QED) is 0.356. The standard InChI is InChI=1S/C26H33F3O2/c1-3-4-5-6-15-30-24-14-12-21(25(28)26(24)29)20-10-8-19(9-11-20)17-31-23-13-7-18(2)16-22(23)27/h7,12-14,16,19-20H,3-6,8-11,15,17H2,1-2H3. The summed E-state index contributed by atoms with van der Waals surface area (Å²) in [6, 6.07) is 8.17. The summed E-state index contributed by atoms with van der Waals surface area (Å²) >= 11 is 0. The van der Waals surface area contributed by atoms with E-state index in [0.29, 0.717) is 18.8 Å². The Kier molecular flexibility index (Phi) is 8.68. The van der Waals surface area contributed by atoms with E-state index in [9.17, 15) is 13.2 Å². The second-order valence-corrected chi connectivity index (χ2v) is 8.65. The second kappa shape index (κ2) is 11.4. The largest absolute Gasteiger partial charge is 0.490 e. The van der Waals surface area contributed by atoms with Crippen molar-refractivity contribution in [3.05, 3.63) is 58.9 Å². The highest BCUT2D eigenvalue weighted by Gasteiger charge is 2.27. The van der Waals surface area contributed by atoms with Gasteiger partial charge in [-0.3, -0.25) is 0 Å². The topological polar surface area (TPSA) is 18.5 Å². The molecular formula is C26H33F3O2. The van der Waals surface area contributed by atoms with Crippen molar-refractivity contribution in [3.8, 4) is 11.5 Å². The number of halogens is 3. The molecule has 1 fully saturated rings. The molecule has 2 aromatic carbocycles. The lowest BCUT2D eigenvalue weighted by Crippen LogP contribution is -2.20. The minimum atomic E-state index is -0.881. The summed E-state index contributed by atoms with van der Waals surface area (Å²) < 4.78 is 54.2. The Balaban J connectivity index is 1.50. The van der Waals surface area contributed by atoms with Crippen LogP contribution in [0.3, 0.4) is 0 Å². The van der Waals surface area contributed by atoms with E-state index >= 15 is 0 Å². The van der Waals surface area contributed by atoms with Crippen LogP contribution in [0.2, 0.25) is 0 Å². The predicted molar refractivity (Wildman–Crippen MR) is 117 cm³/mol. The van der Waals surface area contributed by atoms with Gasteiger partial charge in [0.25, 0.3) is 0 Å². The molecule has 2 aromatic rings. The molecule has 0 unspecified atom stereocenters. The van der Waals surface area contributed by atoms with Crippen LogP contribution >= 0.6 is 0 Å². The highest BCUT2D eigenvalue weighted by atomic mass is 19.2. The summed E-state index contributed by atoms with van der Waals surface area (Å²) in [7, 11) is 0. The van der Waals surface area contributed by atoms with Gasteiger partial charge in [0.1, 0.15) is 0 Å². The Morgan fingerprint density at radius 1 is 0.839 bits per heavy atom. The summed E-state index contributed by atoms with van der Waals surface area (Å²) in [6.07, 6.45) is 7.32. The van der Waals surface area contributed by atoms with E-state index in [0.717, 1.165) is 56.9 Å². The average Bonchev–Trinajstić information content (AvgIpc) is 2.76. The van der Waals surface area contributed by atoms with Crippen molar-refractivity contribution < 1.29 is 22.6 Å². The number of aryl methyl sites for hydroxylation is 1. The molecule has 1 saturated carbocycles. The Hall–Kier alpha value is -2.17. The van der Waals surface area contributed by atoms with Gasteiger partial charge in [-0.2, -0.15) is 4.39 Å². The monoisotopic (exact) mass is 434 g/mol. The molecule has 5 heteroatoms. The van der Waals surface area contributed by atoms with Crippen molar-refractivity contribution in [3.63, 3.8) is 0 Å². The first kappa shape index (κ1) is 23.5. The van der Waals surface area contributed by atoms with Crippen LogP contribution in [-0.2, 0) is 0 Å². The molecule has 1 aliphatic carbocycles. The summed E-state index contributed by atoms with van der Waals surface area (Å²) in [5.41, 5.74) is 1.28. The lowest BCUT2D eigenvalue weighted by atomic mass is 9.79. The smallest absolute Gasteiger partial charge is 0.200 e. The SMILES string of the molecule is CCCCCCOc1ccc(C2CCC(COc3ccc(C)cc3F)CC2)c(F)c1F. The Labute approximate surface area is 183 Å². The molecule has 0 radical (unpaired) electrons. The molecule has 0 saturated heterocycles. The number of ether oxygens (including phenoxy) is 2. The minimum absolute atomic E-state index is 0.0000381. The molecule has 1 aliphatic rings. The van der Waals surface area contributed by atoms with Crippen LogP contribution in [0, 0.1) is 30.3 Å². The van der Waals surface area contributed by atoms with Crippen molar-refractivity contribution >= 4 is 0 Å². The first-order chi connectivity index (χ1) is 15.0. The fourth-order valence-corrected chi connectivity index (χ4v) is 4.26. The molecule has 0 heterocycles. The van der Waals surface area contributed by atoms with Gasteiger partial charge in [0, 0.05) is 0 Å². The van der Waals surface area contributed by atoms with Crippen LogP contribution in [0.15, 0.2) is 30.3 Å². The van der Waals surface area contributed by atoms with E-state index in [4.69, 9.17) is 9.47 Å². The molecule has 0 amide bonds. The Morgan fingerprint density at radius 3 is 2.29 bits per heavy atom. The lowest BCUT2D eigenvalue weighted by Gasteiger charge is -2.29. The normalized spacial score (nSPS) is 18.7. The molecule has 0 atom stereocenters. The van der Waals surface area contributed by atoms with E-state index in [2.05, 4.69) is 6.92 Å². The molecule has 0 aromatic heterocycles. The molecule has 0 bridgehead atoms. The molecule has 0 N–H and O–H groups in total. The molecule has 3 rings (SSSR count). The zero-order valence-electron chi connectivity index (χ0n) is 18.6. The zero-order valence-corrected chi connectivity index (χ0v) is 18.6. The van der Waals surface area contributed by atoms with E-state index in [1.807, 2.05) is 13.0 Å². The maximum atomic E-state index is 14.7. The van der Waals surface area contributed by atoms with Gasteiger partial charge in [-0.15, -0.1) is 0 Å². The van der Waals surface area contributed by atoms with Crippen LogP contribution in [0.25, 0.3) is 0 Å². The summed E-state index contributed by atoms with van der Waals surface area (Å²) in [6.45, 7) is 4.80. The van der Waals surface area contributed by atoms with Crippen molar-refractivity contribution in [1.82, 2.24) is 0 Å². The van der Waals surface area contributed by atoms with Crippen molar-refractivity contribution in [2.24, 2.45) is 5.92 Å². The first-order valence-electron chi connectivity index (χ1n) is 11.5. The summed E-state index contributed by atoms with van der Waals surface area (Å²) in [4.78, 5) is 0. The van der Waals surface area contributed by atoms with Gasteiger partial charge in [-0.25, -0.2) is 8.78 Å². The van der Waals surface area contributed by atoms with Gasteiger partial charge in [0.15, 0.2) is 23.1 Å². The van der Waals surface area contributed by atoms with Gasteiger partial charge in [0.2, 0.25) is 5.82 Å². The Bertz CT molecular complexity index is 845. The molecule has 0 spiro atoms. The average molecular weight is 435 g/mol. The molecular weight excluding hydrogens is 401 g/mol. The molecule has 31 heavy (non-hydrogen) atoms. The van der Waals surface area contributed by atoms with Crippen molar-refractivity contribution in [2.45, 2.75) is 71.1 Å². The van der Waals surface area contributed by atoms with Gasteiger partial charge < -0.3 is 9.47 Å². The van der Waals surface area contributed by atoms with Crippen LogP contribution < -0.4 is 9.47 Å². The van der Waals surface area contributed by atoms with Gasteiger partial charge in [-0.05, 0) is 80.2 Å². The number of unbranched alkanes of at least 4 members (excludes halogenated alkanes) is 3. The molecule has 0 aliphatic heterocycles. The highest BCUT2D eigenvalue weighted by Crippen LogP contribution is 2.39. The van der Waals surface area contributed by atoms with Crippen molar-refractivity contribution in [1.29, 1.82) is 0 Å². The lowest BCUT2D eigenvalue weighted by molar-refractivity contribution is 0.193. The van der Waals surface area contributed by atoms with Gasteiger partial charge in [0.05, 0.1) is 13.2 Å². The fraction of sp³-hybridized carbons (Fsp3) is 0.538. The third kappa shape index (κ3) is 6.41. The number of hydrogen-bond donors (Lipinski definition) is 0. The van der Waals surface area contributed by atoms with E-state index in [1.54, 1.807) is 18.2 Å². The van der Waals surface area contributed by atoms with E-state index in [-0.39, 0.29) is 29.2 Å². The highest BCUT2D eigenvalue weighted by molar-refractivity contribution is 5.33. The second-order valence-electron chi connectivity index (χ2n) is 8.65. The number of hydrogen-bond acceptors (Lipinski definition) is 2. The van der Waals surface area contributed by atoms with Crippen LogP contribution in [-0.4, -0.2) is 13.2 Å². The maximum Gasteiger partial charge on any atom is 0.200 e. The molecule has 170 valence electrons. The number of rotatable bonds is 10. The third-order valence-electron chi connectivity index (χ3n) is 6.18. The van der Waals surface area contributed by atoms with Crippen LogP contribution in [0.1, 0.15) is 75.3 Å². The van der Waals surface area contributed by atoms with E-state index < -0.39 is 11.6 Å². The third-order valence-corrected chi connectivity index (χ3v) is 6.18. The summed E-state index contributed by atoms with van der Waals surface area (Å²) in [5.74, 6) is -1.47. The number of benzene rings is 2. The minimum Gasteiger partial charge on any atom is -0.490 e. The van der Waals surface area contributed by atoms with Gasteiger partial charge in [-0.1, -0.05) is 38.3 Å². The predicted octanol–water partition coefficient (Wildman–Crippen LogP) is 7.72. The molecule has 2 nitrogen and oxygen atoms in total. The van der Waals surface area contributed by atoms with Gasteiger partial charge >= 0.3 is 0 Å². The van der Waals surface area contributed by atoms with Crippen molar-refractivity contribution in [2.75, 3.05) is 13.2 Å². The zero-order chi connectivity index (χ0) is 22.2.